The van der Waals surface area contributed by atoms with E-state index < -0.39 is 5.54 Å². The van der Waals surface area contributed by atoms with Crippen LogP contribution in [0.15, 0.2) is 54.6 Å². The first-order valence-corrected chi connectivity index (χ1v) is 10.2. The largest absolute Gasteiger partial charge is 0.326 e. The molecule has 0 bridgehead atoms. The van der Waals surface area contributed by atoms with Gasteiger partial charge >= 0.3 is 6.03 Å². The molecule has 0 radical (unpaired) electrons. The third-order valence-electron chi connectivity index (χ3n) is 5.92. The van der Waals surface area contributed by atoms with E-state index in [4.69, 9.17) is 0 Å². The number of benzene rings is 2. The molecule has 2 aliphatic heterocycles. The van der Waals surface area contributed by atoms with Gasteiger partial charge in [0.15, 0.2) is 0 Å². The molecule has 0 saturated carbocycles. The van der Waals surface area contributed by atoms with E-state index >= 15 is 0 Å². The lowest BCUT2D eigenvalue weighted by molar-refractivity contribution is -0.132. The van der Waals surface area contributed by atoms with Gasteiger partial charge < -0.3 is 5.32 Å². The molecule has 4 rings (SSSR count). The Bertz CT molecular complexity index is 893. The maximum Gasteiger partial charge on any atom is 0.326 e. The number of amides is 3. The quantitative estimate of drug-likeness (QED) is 0.795. The second-order valence-corrected chi connectivity index (χ2v) is 8.18. The van der Waals surface area contributed by atoms with Crippen LogP contribution < -0.4 is 5.32 Å². The van der Waals surface area contributed by atoms with Crippen molar-refractivity contribution in [3.8, 4) is 0 Å². The third-order valence-corrected chi connectivity index (χ3v) is 5.92. The van der Waals surface area contributed by atoms with E-state index in [-0.39, 0.29) is 11.9 Å². The van der Waals surface area contributed by atoms with Crippen molar-refractivity contribution >= 4 is 11.9 Å². The average Bonchev–Trinajstić information content (AvgIpc) is 2.94. The van der Waals surface area contributed by atoms with Crippen LogP contribution in [0, 0.1) is 6.92 Å². The highest BCUT2D eigenvalue weighted by Gasteiger charge is 2.49. The summed E-state index contributed by atoms with van der Waals surface area (Å²) in [6, 6.07) is 17.7. The summed E-state index contributed by atoms with van der Waals surface area (Å²) < 4.78 is 0. The molecule has 0 unspecified atom stereocenters. The zero-order valence-electron chi connectivity index (χ0n) is 17.1. The molecule has 2 heterocycles. The number of urea groups is 1. The predicted molar refractivity (Wildman–Crippen MR) is 112 cm³/mol. The summed E-state index contributed by atoms with van der Waals surface area (Å²) in [4.78, 5) is 31.6. The van der Waals surface area contributed by atoms with Crippen molar-refractivity contribution in [2.75, 3.05) is 32.8 Å². The van der Waals surface area contributed by atoms with Gasteiger partial charge in [-0.1, -0.05) is 60.2 Å². The van der Waals surface area contributed by atoms with Crippen molar-refractivity contribution in [1.82, 2.24) is 20.0 Å². The van der Waals surface area contributed by atoms with Gasteiger partial charge in [0.05, 0.1) is 6.67 Å². The highest BCUT2D eigenvalue weighted by molar-refractivity contribution is 6.07. The highest BCUT2D eigenvalue weighted by atomic mass is 16.2. The molecule has 0 aromatic heterocycles. The Morgan fingerprint density at radius 2 is 1.62 bits per heavy atom. The van der Waals surface area contributed by atoms with Crippen LogP contribution in [-0.2, 0) is 16.9 Å². The zero-order chi connectivity index (χ0) is 20.4. The fourth-order valence-corrected chi connectivity index (χ4v) is 4.15. The second kappa shape index (κ2) is 7.97. The number of rotatable bonds is 5. The molecule has 2 aromatic carbocycles. The van der Waals surface area contributed by atoms with Crippen molar-refractivity contribution in [2.24, 2.45) is 0 Å². The molecule has 152 valence electrons. The molecule has 6 heteroatoms. The van der Waals surface area contributed by atoms with Crippen LogP contribution in [-0.4, -0.2) is 59.5 Å². The summed E-state index contributed by atoms with van der Waals surface area (Å²) >= 11 is 0. The van der Waals surface area contributed by atoms with Gasteiger partial charge in [0.1, 0.15) is 5.54 Å². The van der Waals surface area contributed by atoms with E-state index in [1.807, 2.05) is 30.3 Å². The first-order chi connectivity index (χ1) is 14.0. The van der Waals surface area contributed by atoms with E-state index in [2.05, 4.69) is 46.3 Å². The van der Waals surface area contributed by atoms with Crippen molar-refractivity contribution in [3.05, 3.63) is 71.3 Å². The van der Waals surface area contributed by atoms with Crippen LogP contribution in [0.25, 0.3) is 0 Å². The number of piperazine rings is 1. The van der Waals surface area contributed by atoms with Crippen molar-refractivity contribution in [2.45, 2.75) is 25.9 Å². The number of aryl methyl sites for hydroxylation is 1. The molecule has 1 atom stereocenters. The SMILES string of the molecule is Cc1cccc(CN2CCN(CN3C(=O)N[C@](C)(c4ccccc4)C3=O)CC2)c1. The van der Waals surface area contributed by atoms with Gasteiger partial charge in [-0.05, 0) is 25.0 Å². The van der Waals surface area contributed by atoms with E-state index in [1.54, 1.807) is 6.92 Å². The molecular formula is C23H28N4O2. The van der Waals surface area contributed by atoms with Crippen molar-refractivity contribution in [3.63, 3.8) is 0 Å². The lowest BCUT2D eigenvalue weighted by Crippen LogP contribution is -2.51. The molecule has 2 aromatic rings. The Labute approximate surface area is 172 Å². The normalized spacial score (nSPS) is 23.4. The standard InChI is InChI=1S/C23H28N4O2/c1-18-7-6-8-19(15-18)16-25-11-13-26(14-12-25)17-27-21(28)23(2,24-22(27)29)20-9-4-3-5-10-20/h3-10,15H,11-14,16-17H2,1-2H3,(H,24,29)/t23-/m1/s1. The molecular weight excluding hydrogens is 364 g/mol. The number of hydrogen-bond acceptors (Lipinski definition) is 4. The first kappa shape index (κ1) is 19.6. The van der Waals surface area contributed by atoms with Crippen molar-refractivity contribution in [1.29, 1.82) is 0 Å². The van der Waals surface area contributed by atoms with Gasteiger partial charge in [-0.3, -0.25) is 14.6 Å². The van der Waals surface area contributed by atoms with Crippen LogP contribution >= 0.6 is 0 Å². The molecule has 29 heavy (non-hydrogen) atoms. The topological polar surface area (TPSA) is 55.9 Å². The minimum atomic E-state index is -0.995. The molecule has 2 aliphatic rings. The summed E-state index contributed by atoms with van der Waals surface area (Å²) in [5.41, 5.74) is 2.42. The Hall–Kier alpha value is -2.70. The number of carbonyl (C=O) groups is 2. The van der Waals surface area contributed by atoms with Gasteiger partial charge in [-0.2, -0.15) is 0 Å². The van der Waals surface area contributed by atoms with Gasteiger partial charge in [-0.15, -0.1) is 0 Å². The molecule has 3 amide bonds. The summed E-state index contributed by atoms with van der Waals surface area (Å²) in [7, 11) is 0. The average molecular weight is 393 g/mol. The van der Waals surface area contributed by atoms with Gasteiger partial charge in [0.25, 0.3) is 5.91 Å². The monoisotopic (exact) mass is 392 g/mol. The molecule has 0 spiro atoms. The van der Waals surface area contributed by atoms with E-state index in [9.17, 15) is 9.59 Å². The van der Waals surface area contributed by atoms with Crippen LogP contribution in [0.2, 0.25) is 0 Å². The lowest BCUT2D eigenvalue weighted by atomic mass is 9.92. The molecule has 2 fully saturated rings. The second-order valence-electron chi connectivity index (χ2n) is 8.18. The minimum Gasteiger partial charge on any atom is -0.319 e. The zero-order valence-corrected chi connectivity index (χ0v) is 17.1. The number of nitrogens with one attached hydrogen (secondary N) is 1. The molecule has 1 N–H and O–H groups in total. The Morgan fingerprint density at radius 3 is 2.31 bits per heavy atom. The van der Waals surface area contributed by atoms with Gasteiger partial charge in [-0.25, -0.2) is 9.69 Å². The molecule has 6 nitrogen and oxygen atoms in total. The van der Waals surface area contributed by atoms with Crippen molar-refractivity contribution < 1.29 is 9.59 Å². The van der Waals surface area contributed by atoms with Crippen LogP contribution in [0.3, 0.4) is 0 Å². The summed E-state index contributed by atoms with van der Waals surface area (Å²) in [6.07, 6.45) is 0. The van der Waals surface area contributed by atoms with Crippen LogP contribution in [0.4, 0.5) is 4.79 Å². The maximum absolute atomic E-state index is 13.1. The molecule has 2 saturated heterocycles. The Morgan fingerprint density at radius 1 is 0.931 bits per heavy atom. The fraction of sp³-hybridized carbons (Fsp3) is 0.391. The van der Waals surface area contributed by atoms with Crippen LogP contribution in [0.5, 0.6) is 0 Å². The summed E-state index contributed by atoms with van der Waals surface area (Å²) in [6.45, 7) is 8.69. The highest BCUT2D eigenvalue weighted by Crippen LogP contribution is 2.28. The number of hydrogen-bond donors (Lipinski definition) is 1. The predicted octanol–water partition coefficient (Wildman–Crippen LogP) is 2.54. The third kappa shape index (κ3) is 4.04. The molecule has 0 aliphatic carbocycles. The lowest BCUT2D eigenvalue weighted by Gasteiger charge is -2.36. The first-order valence-electron chi connectivity index (χ1n) is 10.2. The summed E-state index contributed by atoms with van der Waals surface area (Å²) in [5.74, 6) is -0.184. The Balaban J connectivity index is 1.35. The number of imide groups is 1. The number of nitrogens with zero attached hydrogens (tertiary/aromatic N) is 3. The maximum atomic E-state index is 13.1. The Kier molecular flexibility index (Phi) is 5.39. The number of carbonyl (C=O) groups excluding carboxylic acids is 2. The summed E-state index contributed by atoms with van der Waals surface area (Å²) in [5, 5.41) is 2.88. The smallest absolute Gasteiger partial charge is 0.319 e. The minimum absolute atomic E-state index is 0.184. The van der Waals surface area contributed by atoms with E-state index in [0.29, 0.717) is 6.67 Å². The van der Waals surface area contributed by atoms with Gasteiger partial charge in [0.2, 0.25) is 0 Å². The van der Waals surface area contributed by atoms with E-state index in [0.717, 1.165) is 38.3 Å². The fourth-order valence-electron chi connectivity index (χ4n) is 4.15. The van der Waals surface area contributed by atoms with Gasteiger partial charge in [0, 0.05) is 32.7 Å². The van der Waals surface area contributed by atoms with Crippen LogP contribution in [0.1, 0.15) is 23.6 Å². The van der Waals surface area contributed by atoms with E-state index in [1.165, 1.54) is 16.0 Å².